The van der Waals surface area contributed by atoms with Gasteiger partial charge in [-0.15, -0.1) is 0 Å². The zero-order valence-electron chi connectivity index (χ0n) is 14.7. The minimum Gasteiger partial charge on any atom is -0.335 e. The van der Waals surface area contributed by atoms with Gasteiger partial charge in [0, 0.05) is 29.4 Å². The molecule has 2 heterocycles. The van der Waals surface area contributed by atoms with Crippen molar-refractivity contribution in [2.75, 3.05) is 23.0 Å². The van der Waals surface area contributed by atoms with Gasteiger partial charge in [-0.25, -0.2) is 15.4 Å². The third-order valence-electron chi connectivity index (χ3n) is 3.66. The summed E-state index contributed by atoms with van der Waals surface area (Å²) >= 11 is 1.77. The first-order valence-corrected chi connectivity index (χ1v) is 9.26. The second-order valence-corrected chi connectivity index (χ2v) is 6.96. The maximum Gasteiger partial charge on any atom is 0.243 e. The minimum absolute atomic E-state index is 0.516. The summed E-state index contributed by atoms with van der Waals surface area (Å²) in [5.74, 6) is 1.64. The van der Waals surface area contributed by atoms with Crippen LogP contribution in [-0.4, -0.2) is 33.1 Å². The number of hydrazone groups is 1. The van der Waals surface area contributed by atoms with Crippen LogP contribution >= 0.6 is 11.8 Å². The van der Waals surface area contributed by atoms with Gasteiger partial charge in [-0.05, 0) is 51.0 Å². The number of anilines is 2. The number of rotatable bonds is 4. The summed E-state index contributed by atoms with van der Waals surface area (Å²) < 4.78 is 0. The highest BCUT2D eigenvalue weighted by Crippen LogP contribution is 2.17. The van der Waals surface area contributed by atoms with Crippen molar-refractivity contribution < 1.29 is 0 Å². The van der Waals surface area contributed by atoms with Crippen molar-refractivity contribution in [3.63, 3.8) is 0 Å². The SMILES string of the molecule is C/C(=N/Nc1nc(C)cc(C)n1)c1ccc(NC2=NCCCS2)cc1. The Morgan fingerprint density at radius 2 is 1.84 bits per heavy atom. The molecule has 7 heteroatoms. The molecule has 1 aliphatic rings. The van der Waals surface area contributed by atoms with Crippen LogP contribution in [0.3, 0.4) is 0 Å². The number of aliphatic imine (C=N–C) groups is 1. The van der Waals surface area contributed by atoms with E-state index >= 15 is 0 Å². The Morgan fingerprint density at radius 1 is 1.12 bits per heavy atom. The molecule has 0 atom stereocenters. The van der Waals surface area contributed by atoms with Gasteiger partial charge < -0.3 is 5.32 Å². The van der Waals surface area contributed by atoms with Crippen LogP contribution in [0.25, 0.3) is 0 Å². The van der Waals surface area contributed by atoms with Crippen molar-refractivity contribution in [2.45, 2.75) is 27.2 Å². The first-order chi connectivity index (χ1) is 12.1. The molecule has 0 fully saturated rings. The lowest BCUT2D eigenvalue weighted by molar-refractivity contribution is 0.938. The van der Waals surface area contributed by atoms with Gasteiger partial charge >= 0.3 is 0 Å². The Morgan fingerprint density at radius 3 is 2.48 bits per heavy atom. The number of nitrogens with zero attached hydrogens (tertiary/aromatic N) is 4. The quantitative estimate of drug-likeness (QED) is 0.645. The molecule has 0 bridgehead atoms. The van der Waals surface area contributed by atoms with Crippen molar-refractivity contribution in [1.82, 2.24) is 9.97 Å². The van der Waals surface area contributed by atoms with E-state index in [2.05, 4.69) is 30.8 Å². The fraction of sp³-hybridized carbons (Fsp3) is 0.333. The number of benzene rings is 1. The second kappa shape index (κ2) is 8.11. The summed E-state index contributed by atoms with van der Waals surface area (Å²) in [6, 6.07) is 10.1. The monoisotopic (exact) mass is 354 g/mol. The van der Waals surface area contributed by atoms with Crippen molar-refractivity contribution >= 4 is 34.3 Å². The Bertz CT molecular complexity index is 777. The van der Waals surface area contributed by atoms with E-state index < -0.39 is 0 Å². The Balaban J connectivity index is 1.65. The van der Waals surface area contributed by atoms with E-state index in [1.807, 2.05) is 51.1 Å². The summed E-state index contributed by atoms with van der Waals surface area (Å²) in [5.41, 5.74) is 7.72. The van der Waals surface area contributed by atoms with Crippen LogP contribution in [0, 0.1) is 13.8 Å². The van der Waals surface area contributed by atoms with Crippen LogP contribution in [0.5, 0.6) is 0 Å². The molecular weight excluding hydrogens is 332 g/mol. The molecule has 0 radical (unpaired) electrons. The van der Waals surface area contributed by atoms with E-state index in [-0.39, 0.29) is 0 Å². The lowest BCUT2D eigenvalue weighted by atomic mass is 10.1. The molecule has 0 aliphatic carbocycles. The number of thioether (sulfide) groups is 1. The molecule has 0 saturated heterocycles. The molecule has 0 amide bonds. The van der Waals surface area contributed by atoms with Gasteiger partial charge in [0.05, 0.1) is 5.71 Å². The van der Waals surface area contributed by atoms with Crippen molar-refractivity contribution in [2.24, 2.45) is 10.1 Å². The molecule has 130 valence electrons. The van der Waals surface area contributed by atoms with Gasteiger partial charge in [0.2, 0.25) is 5.95 Å². The highest BCUT2D eigenvalue weighted by Gasteiger charge is 2.06. The van der Waals surface area contributed by atoms with E-state index in [1.54, 1.807) is 11.8 Å². The molecule has 3 rings (SSSR count). The van der Waals surface area contributed by atoms with Crippen LogP contribution in [-0.2, 0) is 0 Å². The highest BCUT2D eigenvalue weighted by atomic mass is 32.2. The maximum atomic E-state index is 4.48. The molecule has 6 nitrogen and oxygen atoms in total. The smallest absolute Gasteiger partial charge is 0.243 e. The fourth-order valence-electron chi connectivity index (χ4n) is 2.43. The first-order valence-electron chi connectivity index (χ1n) is 8.27. The van der Waals surface area contributed by atoms with Crippen LogP contribution < -0.4 is 10.7 Å². The molecule has 2 N–H and O–H groups in total. The molecule has 0 unspecified atom stereocenters. The van der Waals surface area contributed by atoms with Crippen LogP contribution in [0.2, 0.25) is 0 Å². The third kappa shape index (κ3) is 5.03. The molecular formula is C18H22N6S. The number of aromatic nitrogens is 2. The number of nitrogens with one attached hydrogen (secondary N) is 2. The van der Waals surface area contributed by atoms with Crippen LogP contribution in [0.4, 0.5) is 11.6 Å². The van der Waals surface area contributed by atoms with Crippen molar-refractivity contribution in [1.29, 1.82) is 0 Å². The van der Waals surface area contributed by atoms with E-state index in [4.69, 9.17) is 0 Å². The summed E-state index contributed by atoms with van der Waals surface area (Å²) in [4.78, 5) is 13.1. The summed E-state index contributed by atoms with van der Waals surface area (Å²) in [6.45, 7) is 6.75. The average molecular weight is 354 g/mol. The van der Waals surface area contributed by atoms with E-state index in [0.717, 1.165) is 52.2 Å². The zero-order chi connectivity index (χ0) is 17.6. The molecule has 0 saturated carbocycles. The summed E-state index contributed by atoms with van der Waals surface area (Å²) in [7, 11) is 0. The fourth-order valence-corrected chi connectivity index (χ4v) is 3.27. The number of amidine groups is 1. The van der Waals surface area contributed by atoms with Crippen LogP contribution in [0.15, 0.2) is 40.4 Å². The lowest BCUT2D eigenvalue weighted by Crippen LogP contribution is -2.13. The van der Waals surface area contributed by atoms with Crippen molar-refractivity contribution in [3.05, 3.63) is 47.3 Å². The topological polar surface area (TPSA) is 74.6 Å². The minimum atomic E-state index is 0.516. The Hall–Kier alpha value is -2.41. The largest absolute Gasteiger partial charge is 0.335 e. The van der Waals surface area contributed by atoms with Gasteiger partial charge in [-0.1, -0.05) is 23.9 Å². The maximum absolute atomic E-state index is 4.48. The van der Waals surface area contributed by atoms with Crippen molar-refractivity contribution in [3.8, 4) is 0 Å². The van der Waals surface area contributed by atoms with Crippen LogP contribution in [0.1, 0.15) is 30.3 Å². The lowest BCUT2D eigenvalue weighted by Gasteiger charge is -2.13. The van der Waals surface area contributed by atoms with E-state index in [0.29, 0.717) is 5.95 Å². The van der Waals surface area contributed by atoms with Gasteiger partial charge in [0.25, 0.3) is 0 Å². The second-order valence-electron chi connectivity index (χ2n) is 5.87. The summed E-state index contributed by atoms with van der Waals surface area (Å²) in [5, 5.41) is 8.74. The number of hydrogen-bond donors (Lipinski definition) is 2. The Labute approximate surface area is 152 Å². The highest BCUT2D eigenvalue weighted by molar-refractivity contribution is 8.14. The predicted octanol–water partition coefficient (Wildman–Crippen LogP) is 3.83. The third-order valence-corrected chi connectivity index (χ3v) is 4.65. The van der Waals surface area contributed by atoms with Gasteiger partial charge in [-0.3, -0.25) is 4.99 Å². The number of aryl methyl sites for hydroxylation is 2. The molecule has 1 aromatic carbocycles. The normalized spacial score (nSPS) is 14.8. The molecule has 2 aromatic rings. The molecule has 25 heavy (non-hydrogen) atoms. The van der Waals surface area contributed by atoms with Gasteiger partial charge in [0.15, 0.2) is 5.17 Å². The van der Waals surface area contributed by atoms with Gasteiger partial charge in [-0.2, -0.15) is 5.10 Å². The van der Waals surface area contributed by atoms with E-state index in [9.17, 15) is 0 Å². The molecule has 1 aliphatic heterocycles. The molecule has 0 spiro atoms. The Kier molecular flexibility index (Phi) is 5.65. The zero-order valence-corrected chi connectivity index (χ0v) is 15.5. The van der Waals surface area contributed by atoms with Gasteiger partial charge in [0.1, 0.15) is 0 Å². The molecule has 1 aromatic heterocycles. The van der Waals surface area contributed by atoms with E-state index in [1.165, 1.54) is 0 Å². The predicted molar refractivity (Wildman–Crippen MR) is 107 cm³/mol. The average Bonchev–Trinajstić information content (AvgIpc) is 2.60. The standard InChI is InChI=1S/C18H22N6S/c1-12-11-13(2)21-17(20-12)24-23-14(3)15-5-7-16(8-6-15)22-18-19-9-4-10-25-18/h5-8,11H,4,9-10H2,1-3H3,(H,19,22)(H,20,21,24)/b23-14-. The number of hydrogen-bond acceptors (Lipinski definition) is 7. The first kappa shape index (κ1) is 17.4. The summed E-state index contributed by atoms with van der Waals surface area (Å²) in [6.07, 6.45) is 1.15.